The first-order valence-electron chi connectivity index (χ1n) is 5.52. The first-order chi connectivity index (χ1) is 9.20. The smallest absolute Gasteiger partial charge is 0.271 e. The Bertz CT molecular complexity index is 574. The summed E-state index contributed by atoms with van der Waals surface area (Å²) < 4.78 is 5.15. The minimum Gasteiger partial charge on any atom is -0.495 e. The van der Waals surface area contributed by atoms with Gasteiger partial charge in [-0.3, -0.25) is 20.1 Å². The minimum absolute atomic E-state index is 0.00226. The molecule has 0 amide bonds. The molecule has 1 aromatic heterocycles. The second kappa shape index (κ2) is 5.76. The van der Waals surface area contributed by atoms with Crippen LogP contribution in [0.2, 0.25) is 0 Å². The summed E-state index contributed by atoms with van der Waals surface area (Å²) in [5.74, 6) is 0.537. The summed E-state index contributed by atoms with van der Waals surface area (Å²) >= 11 is 0. The Kier molecular flexibility index (Phi) is 3.87. The van der Waals surface area contributed by atoms with Crippen molar-refractivity contribution in [2.45, 2.75) is 6.54 Å². The summed E-state index contributed by atoms with van der Waals surface area (Å²) in [4.78, 5) is 18.3. The van der Waals surface area contributed by atoms with Crippen LogP contribution in [0.15, 0.2) is 36.8 Å². The lowest BCUT2D eigenvalue weighted by atomic mass is 10.2. The molecule has 0 aliphatic carbocycles. The zero-order chi connectivity index (χ0) is 13.7. The molecule has 0 aliphatic heterocycles. The highest BCUT2D eigenvalue weighted by Gasteiger charge is 2.11. The number of hydrogen-bond donors (Lipinski definition) is 1. The second-order valence-electron chi connectivity index (χ2n) is 3.69. The molecule has 2 aromatic rings. The molecule has 1 N–H and O–H groups in total. The highest BCUT2D eigenvalue weighted by Crippen LogP contribution is 2.29. The Hall–Kier alpha value is -2.70. The molecule has 0 saturated heterocycles. The zero-order valence-electron chi connectivity index (χ0n) is 10.2. The molecule has 1 heterocycles. The maximum absolute atomic E-state index is 10.7. The molecule has 0 spiro atoms. The molecule has 7 nitrogen and oxygen atoms in total. The standard InChI is InChI=1S/C12H12N4O3/c1-19-12-3-2-10(16(17)18)6-11(12)15-8-9-7-13-4-5-14-9/h2-7,15H,8H2,1H3. The van der Waals surface area contributed by atoms with E-state index in [2.05, 4.69) is 15.3 Å². The normalized spacial score (nSPS) is 9.95. The number of methoxy groups -OCH3 is 1. The molecule has 98 valence electrons. The van der Waals surface area contributed by atoms with Gasteiger partial charge in [-0.2, -0.15) is 0 Å². The van der Waals surface area contributed by atoms with Gasteiger partial charge >= 0.3 is 0 Å². The largest absolute Gasteiger partial charge is 0.495 e. The van der Waals surface area contributed by atoms with Gasteiger partial charge < -0.3 is 10.1 Å². The monoisotopic (exact) mass is 260 g/mol. The molecule has 0 saturated carbocycles. The molecular formula is C12H12N4O3. The van der Waals surface area contributed by atoms with Crippen molar-refractivity contribution < 1.29 is 9.66 Å². The fourth-order valence-corrected chi connectivity index (χ4v) is 1.55. The van der Waals surface area contributed by atoms with E-state index >= 15 is 0 Å². The van der Waals surface area contributed by atoms with Gasteiger partial charge in [0.05, 0.1) is 36.2 Å². The number of nitro groups is 1. The number of nitrogens with one attached hydrogen (secondary N) is 1. The average molecular weight is 260 g/mol. The van der Waals surface area contributed by atoms with Gasteiger partial charge in [-0.05, 0) is 6.07 Å². The van der Waals surface area contributed by atoms with E-state index in [9.17, 15) is 10.1 Å². The van der Waals surface area contributed by atoms with Crippen LogP contribution in [0.25, 0.3) is 0 Å². The van der Waals surface area contributed by atoms with Crippen molar-refractivity contribution in [1.82, 2.24) is 9.97 Å². The third-order valence-electron chi connectivity index (χ3n) is 2.47. The molecule has 0 unspecified atom stereocenters. The van der Waals surface area contributed by atoms with E-state index in [0.717, 1.165) is 5.69 Å². The minimum atomic E-state index is -0.451. The van der Waals surface area contributed by atoms with Crippen molar-refractivity contribution in [2.24, 2.45) is 0 Å². The van der Waals surface area contributed by atoms with Crippen LogP contribution < -0.4 is 10.1 Å². The van der Waals surface area contributed by atoms with Crippen molar-refractivity contribution in [3.63, 3.8) is 0 Å². The number of aromatic nitrogens is 2. The van der Waals surface area contributed by atoms with Crippen molar-refractivity contribution in [3.8, 4) is 5.75 Å². The number of ether oxygens (including phenoxy) is 1. The van der Waals surface area contributed by atoms with Crippen LogP contribution in [0.1, 0.15) is 5.69 Å². The summed E-state index contributed by atoms with van der Waals surface area (Å²) in [6.07, 6.45) is 4.79. The second-order valence-corrected chi connectivity index (χ2v) is 3.69. The lowest BCUT2D eigenvalue weighted by Gasteiger charge is -2.10. The van der Waals surface area contributed by atoms with Crippen LogP contribution in [0.4, 0.5) is 11.4 Å². The highest BCUT2D eigenvalue weighted by molar-refractivity contribution is 5.61. The highest BCUT2D eigenvalue weighted by atomic mass is 16.6. The van der Waals surface area contributed by atoms with Crippen LogP contribution in [-0.2, 0) is 6.54 Å². The summed E-state index contributed by atoms with van der Waals surface area (Å²) in [5, 5.41) is 13.8. The molecule has 0 radical (unpaired) electrons. The first kappa shape index (κ1) is 12.7. The molecule has 7 heteroatoms. The molecule has 0 aliphatic rings. The number of nitro benzene ring substituents is 1. The third-order valence-corrected chi connectivity index (χ3v) is 2.47. The van der Waals surface area contributed by atoms with E-state index in [0.29, 0.717) is 18.0 Å². The Morgan fingerprint density at radius 2 is 2.26 bits per heavy atom. The van der Waals surface area contributed by atoms with Crippen LogP contribution in [0.3, 0.4) is 0 Å². The molecular weight excluding hydrogens is 248 g/mol. The van der Waals surface area contributed by atoms with Gasteiger partial charge in [0.1, 0.15) is 5.75 Å². The van der Waals surface area contributed by atoms with Gasteiger partial charge in [0.25, 0.3) is 5.69 Å². The Morgan fingerprint density at radius 1 is 1.42 bits per heavy atom. The SMILES string of the molecule is COc1ccc([N+](=O)[O-])cc1NCc1cnccn1. The van der Waals surface area contributed by atoms with Crippen molar-refractivity contribution >= 4 is 11.4 Å². The fraction of sp³-hybridized carbons (Fsp3) is 0.167. The van der Waals surface area contributed by atoms with E-state index < -0.39 is 4.92 Å². The number of nitrogens with zero attached hydrogens (tertiary/aromatic N) is 3. The summed E-state index contributed by atoms with van der Waals surface area (Å²) in [6, 6.07) is 4.37. The lowest BCUT2D eigenvalue weighted by Crippen LogP contribution is -2.04. The Balaban J connectivity index is 2.18. The molecule has 19 heavy (non-hydrogen) atoms. The molecule has 0 fully saturated rings. The van der Waals surface area contributed by atoms with E-state index in [1.165, 1.54) is 19.2 Å². The number of benzene rings is 1. The maximum atomic E-state index is 10.7. The zero-order valence-corrected chi connectivity index (χ0v) is 10.2. The Morgan fingerprint density at radius 3 is 2.89 bits per heavy atom. The summed E-state index contributed by atoms with van der Waals surface area (Å²) in [7, 11) is 1.51. The van der Waals surface area contributed by atoms with E-state index in [-0.39, 0.29) is 5.69 Å². The number of non-ortho nitro benzene ring substituents is 1. The predicted molar refractivity (Wildman–Crippen MR) is 69.0 cm³/mol. The van der Waals surface area contributed by atoms with Gasteiger partial charge in [-0.25, -0.2) is 0 Å². The van der Waals surface area contributed by atoms with E-state index in [4.69, 9.17) is 4.74 Å². The van der Waals surface area contributed by atoms with Crippen LogP contribution in [-0.4, -0.2) is 22.0 Å². The van der Waals surface area contributed by atoms with Gasteiger partial charge in [-0.1, -0.05) is 0 Å². The molecule has 2 rings (SSSR count). The van der Waals surface area contributed by atoms with Gasteiger partial charge in [-0.15, -0.1) is 0 Å². The summed E-state index contributed by atoms with van der Waals surface area (Å²) in [5.41, 5.74) is 1.28. The van der Waals surface area contributed by atoms with E-state index in [1.54, 1.807) is 24.7 Å². The Labute approximate surface area is 109 Å². The van der Waals surface area contributed by atoms with Crippen LogP contribution in [0, 0.1) is 10.1 Å². The summed E-state index contributed by atoms with van der Waals surface area (Å²) in [6.45, 7) is 0.408. The quantitative estimate of drug-likeness (QED) is 0.653. The molecule has 0 atom stereocenters. The third kappa shape index (κ3) is 3.15. The number of hydrogen-bond acceptors (Lipinski definition) is 6. The van der Waals surface area contributed by atoms with Crippen molar-refractivity contribution in [2.75, 3.05) is 12.4 Å². The lowest BCUT2D eigenvalue weighted by molar-refractivity contribution is -0.384. The van der Waals surface area contributed by atoms with Gasteiger partial charge in [0.15, 0.2) is 0 Å². The number of anilines is 1. The van der Waals surface area contributed by atoms with E-state index in [1.807, 2.05) is 0 Å². The topological polar surface area (TPSA) is 90.2 Å². The van der Waals surface area contributed by atoms with Crippen LogP contribution in [0.5, 0.6) is 5.75 Å². The van der Waals surface area contributed by atoms with Gasteiger partial charge in [0.2, 0.25) is 0 Å². The number of rotatable bonds is 5. The van der Waals surface area contributed by atoms with Crippen molar-refractivity contribution in [1.29, 1.82) is 0 Å². The average Bonchev–Trinajstić information content (AvgIpc) is 2.45. The maximum Gasteiger partial charge on any atom is 0.271 e. The van der Waals surface area contributed by atoms with Crippen LogP contribution >= 0.6 is 0 Å². The molecule has 0 bridgehead atoms. The molecule has 1 aromatic carbocycles. The first-order valence-corrected chi connectivity index (χ1v) is 5.52. The fourth-order valence-electron chi connectivity index (χ4n) is 1.55. The predicted octanol–water partition coefficient (Wildman–Crippen LogP) is 2.01. The van der Waals surface area contributed by atoms with Crippen molar-refractivity contribution in [3.05, 3.63) is 52.6 Å². The van der Waals surface area contributed by atoms with Gasteiger partial charge in [0, 0.05) is 24.5 Å².